The fourth-order valence-electron chi connectivity index (χ4n) is 2.74. The Morgan fingerprint density at radius 3 is 2.18 bits per heavy atom. The van der Waals surface area contributed by atoms with Crippen LogP contribution >= 0.6 is 7.60 Å². The van der Waals surface area contributed by atoms with Crippen LogP contribution in [0.5, 0.6) is 0 Å². The smallest absolute Gasteiger partial charge is 0.369 e. The molecular formula is C16H17O5P. The van der Waals surface area contributed by atoms with Crippen LogP contribution in [0.2, 0.25) is 0 Å². The fourth-order valence-corrected chi connectivity index (χ4v) is 4.73. The van der Waals surface area contributed by atoms with E-state index >= 15 is 0 Å². The van der Waals surface area contributed by atoms with Crippen molar-refractivity contribution in [2.75, 3.05) is 7.11 Å². The summed E-state index contributed by atoms with van der Waals surface area (Å²) in [4.78, 5) is 0. The van der Waals surface area contributed by atoms with Gasteiger partial charge in [-0.1, -0.05) is 60.7 Å². The van der Waals surface area contributed by atoms with Crippen molar-refractivity contribution in [3.63, 3.8) is 0 Å². The first-order valence-corrected chi connectivity index (χ1v) is 8.42. The fraction of sp³-hybridized carbons (Fsp3) is 0.250. The van der Waals surface area contributed by atoms with Crippen LogP contribution in [0.15, 0.2) is 60.7 Å². The molecule has 2 aromatic rings. The van der Waals surface area contributed by atoms with Gasteiger partial charge in [-0.15, -0.1) is 0 Å². The minimum absolute atomic E-state index is 0.297. The third-order valence-electron chi connectivity index (χ3n) is 3.94. The molecule has 22 heavy (non-hydrogen) atoms. The van der Waals surface area contributed by atoms with Gasteiger partial charge in [-0.05, 0) is 11.1 Å². The zero-order chi connectivity index (χ0) is 15.8. The highest BCUT2D eigenvalue weighted by Crippen LogP contribution is 2.73. The lowest BCUT2D eigenvalue weighted by Crippen LogP contribution is -2.37. The highest BCUT2D eigenvalue weighted by atomic mass is 31.2. The molecule has 2 aromatic carbocycles. The Labute approximate surface area is 128 Å². The molecule has 1 heterocycles. The van der Waals surface area contributed by atoms with Gasteiger partial charge < -0.3 is 14.7 Å². The second-order valence-corrected chi connectivity index (χ2v) is 7.41. The van der Waals surface area contributed by atoms with Gasteiger partial charge in [0.2, 0.25) is 5.34 Å². The van der Waals surface area contributed by atoms with E-state index in [1.54, 1.807) is 54.6 Å². The minimum atomic E-state index is -3.97. The van der Waals surface area contributed by atoms with E-state index < -0.39 is 25.1 Å². The predicted octanol–water partition coefficient (Wildman–Crippen LogP) is 2.80. The normalized spacial score (nSPS) is 34.7. The lowest BCUT2D eigenvalue weighted by atomic mass is 9.95. The van der Waals surface area contributed by atoms with Crippen LogP contribution < -0.4 is 0 Å². The maximum Gasteiger partial charge on any atom is 0.369 e. The molecule has 0 saturated carbocycles. The van der Waals surface area contributed by atoms with Crippen molar-refractivity contribution in [1.29, 1.82) is 0 Å². The maximum atomic E-state index is 13.0. The van der Waals surface area contributed by atoms with Gasteiger partial charge in [-0.3, -0.25) is 9.09 Å². The van der Waals surface area contributed by atoms with Gasteiger partial charge in [0.1, 0.15) is 12.2 Å². The van der Waals surface area contributed by atoms with Crippen molar-refractivity contribution in [2.24, 2.45) is 0 Å². The minimum Gasteiger partial charge on any atom is -0.386 e. The predicted molar refractivity (Wildman–Crippen MR) is 81.2 cm³/mol. The molecule has 2 N–H and O–H groups in total. The second-order valence-electron chi connectivity index (χ2n) is 5.15. The van der Waals surface area contributed by atoms with Crippen molar-refractivity contribution in [2.45, 2.75) is 17.6 Å². The van der Waals surface area contributed by atoms with E-state index in [0.717, 1.165) is 0 Å². The van der Waals surface area contributed by atoms with Gasteiger partial charge >= 0.3 is 7.60 Å². The van der Waals surface area contributed by atoms with Crippen molar-refractivity contribution < 1.29 is 23.8 Å². The maximum absolute atomic E-state index is 13.0. The summed E-state index contributed by atoms with van der Waals surface area (Å²) in [6.07, 6.45) is -2.35. The van der Waals surface area contributed by atoms with E-state index in [9.17, 15) is 14.8 Å². The Hall–Kier alpha value is -1.49. The Morgan fingerprint density at radius 2 is 1.64 bits per heavy atom. The first-order chi connectivity index (χ1) is 10.5. The summed E-state index contributed by atoms with van der Waals surface area (Å²) in [6.45, 7) is 0. The first-order valence-electron chi connectivity index (χ1n) is 6.88. The molecule has 5 nitrogen and oxygen atoms in total. The van der Waals surface area contributed by atoms with Crippen LogP contribution in [-0.4, -0.2) is 23.4 Å². The Balaban J connectivity index is 2.11. The number of rotatable bonds is 3. The largest absolute Gasteiger partial charge is 0.386 e. The summed E-state index contributed by atoms with van der Waals surface area (Å²) in [5.41, 5.74) is 0.922. The summed E-state index contributed by atoms with van der Waals surface area (Å²) in [5, 5.41) is 19.6. The second kappa shape index (κ2) is 5.61. The molecule has 1 fully saturated rings. The van der Waals surface area contributed by atoms with Crippen LogP contribution in [0, 0.1) is 0 Å². The van der Waals surface area contributed by atoms with Crippen molar-refractivity contribution in [3.05, 3.63) is 71.8 Å². The van der Waals surface area contributed by atoms with Crippen LogP contribution in [-0.2, 0) is 19.0 Å². The number of aliphatic hydroxyl groups is 2. The van der Waals surface area contributed by atoms with Crippen molar-refractivity contribution >= 4 is 7.60 Å². The van der Waals surface area contributed by atoms with E-state index in [0.29, 0.717) is 11.1 Å². The lowest BCUT2D eigenvalue weighted by molar-refractivity contribution is -0.0385. The summed E-state index contributed by atoms with van der Waals surface area (Å²) < 4.78 is 23.5. The summed E-state index contributed by atoms with van der Waals surface area (Å²) in [6, 6.07) is 17.2. The van der Waals surface area contributed by atoms with E-state index in [1.807, 2.05) is 6.07 Å². The third kappa shape index (κ3) is 2.14. The standard InChI is InChI=1S/C16H17O5P/c1-20-22(19)16(18,13-10-6-3-7-11-13)15(17)14(21-22)12-8-4-2-5-9-12/h2-11,14-15,17-18H,1H3/t14-,15-,16?,22?/m0/s1. The molecule has 4 atom stereocenters. The molecule has 0 aromatic heterocycles. The molecule has 1 aliphatic heterocycles. The number of benzene rings is 2. The van der Waals surface area contributed by atoms with Gasteiger partial charge in [0.25, 0.3) is 0 Å². The Kier molecular flexibility index (Phi) is 3.93. The molecule has 0 spiro atoms. The summed E-state index contributed by atoms with van der Waals surface area (Å²) in [7, 11) is -2.76. The van der Waals surface area contributed by atoms with Crippen LogP contribution in [0.3, 0.4) is 0 Å². The van der Waals surface area contributed by atoms with E-state index in [1.165, 1.54) is 7.11 Å². The van der Waals surface area contributed by atoms with Gasteiger partial charge in [-0.2, -0.15) is 0 Å². The molecule has 0 bridgehead atoms. The Bertz CT molecular complexity index is 690. The number of aliphatic hydroxyl groups excluding tert-OH is 1. The van der Waals surface area contributed by atoms with Gasteiger partial charge in [0, 0.05) is 7.11 Å². The zero-order valence-electron chi connectivity index (χ0n) is 12.0. The molecule has 116 valence electrons. The van der Waals surface area contributed by atoms with Gasteiger partial charge in [0.15, 0.2) is 0 Å². The quantitative estimate of drug-likeness (QED) is 0.851. The summed E-state index contributed by atoms with van der Waals surface area (Å²) in [5.74, 6) is 0. The average molecular weight is 320 g/mol. The highest BCUT2D eigenvalue weighted by Gasteiger charge is 2.65. The zero-order valence-corrected chi connectivity index (χ0v) is 12.9. The average Bonchev–Trinajstić information content (AvgIpc) is 2.79. The molecule has 1 saturated heterocycles. The SMILES string of the molecule is COP1(=O)O[C@@H](c2ccccc2)[C@H](O)C1(O)c1ccccc1. The molecule has 6 heteroatoms. The van der Waals surface area contributed by atoms with Crippen LogP contribution in [0.4, 0.5) is 0 Å². The lowest BCUT2D eigenvalue weighted by Gasteiger charge is -2.29. The topological polar surface area (TPSA) is 76.0 Å². The molecule has 0 radical (unpaired) electrons. The molecule has 0 amide bonds. The molecule has 2 unspecified atom stereocenters. The van der Waals surface area contributed by atoms with Gasteiger partial charge in [0.05, 0.1) is 0 Å². The van der Waals surface area contributed by atoms with Crippen LogP contribution in [0.1, 0.15) is 17.2 Å². The van der Waals surface area contributed by atoms with E-state index in [-0.39, 0.29) is 0 Å². The molecule has 1 aliphatic rings. The van der Waals surface area contributed by atoms with E-state index in [2.05, 4.69) is 0 Å². The van der Waals surface area contributed by atoms with Crippen molar-refractivity contribution in [3.8, 4) is 0 Å². The first kappa shape index (κ1) is 15.4. The van der Waals surface area contributed by atoms with Crippen LogP contribution in [0.25, 0.3) is 0 Å². The summed E-state index contributed by atoms with van der Waals surface area (Å²) >= 11 is 0. The molecule has 0 aliphatic carbocycles. The Morgan fingerprint density at radius 1 is 1.09 bits per heavy atom. The van der Waals surface area contributed by atoms with E-state index in [4.69, 9.17) is 9.05 Å². The number of hydrogen-bond acceptors (Lipinski definition) is 5. The highest BCUT2D eigenvalue weighted by molar-refractivity contribution is 7.55. The van der Waals surface area contributed by atoms with Crippen molar-refractivity contribution in [1.82, 2.24) is 0 Å². The van der Waals surface area contributed by atoms with Gasteiger partial charge in [-0.25, -0.2) is 0 Å². The molecule has 3 rings (SSSR count). The monoisotopic (exact) mass is 320 g/mol. The third-order valence-corrected chi connectivity index (χ3v) is 6.28. The molecular weight excluding hydrogens is 303 g/mol. The number of hydrogen-bond donors (Lipinski definition) is 2.